The van der Waals surface area contributed by atoms with Gasteiger partial charge in [-0.05, 0) is 44.2 Å². The third kappa shape index (κ3) is 4.56. The number of nitrogens with one attached hydrogen (secondary N) is 1. The Labute approximate surface area is 165 Å². The lowest BCUT2D eigenvalue weighted by molar-refractivity contribution is -0.143. The molecule has 1 fully saturated rings. The summed E-state index contributed by atoms with van der Waals surface area (Å²) in [5.41, 5.74) is -1.33. The molecule has 0 radical (unpaired) electrons. The maximum Gasteiger partial charge on any atom is 0.434 e. The quantitative estimate of drug-likeness (QED) is 0.818. The van der Waals surface area contributed by atoms with Gasteiger partial charge in [0.1, 0.15) is 0 Å². The first-order chi connectivity index (χ1) is 12.3. The predicted molar refractivity (Wildman–Crippen MR) is 98.8 cm³/mol. The second-order valence-corrected chi connectivity index (χ2v) is 6.61. The highest BCUT2D eigenvalue weighted by atomic mass is 35.5. The number of likely N-dealkylation sites (N-methyl/N-ethyl adjacent to an activating group) is 1. The number of carbonyl (C=O) groups is 1. The Morgan fingerprint density at radius 3 is 2.56 bits per heavy atom. The highest BCUT2D eigenvalue weighted by Crippen LogP contribution is 2.34. The van der Waals surface area contributed by atoms with Crippen LogP contribution in [0.3, 0.4) is 0 Å². The highest BCUT2D eigenvalue weighted by Gasteiger charge is 2.41. The Hall–Kier alpha value is -1.77. The van der Waals surface area contributed by atoms with E-state index in [-0.39, 0.29) is 24.1 Å². The second kappa shape index (κ2) is 8.50. The number of alkyl halides is 3. The third-order valence-electron chi connectivity index (χ3n) is 4.46. The molecule has 10 heteroatoms. The topological polar surface area (TPSA) is 50.2 Å². The molecule has 1 saturated heterocycles. The summed E-state index contributed by atoms with van der Waals surface area (Å²) >= 11 is 5.79. The van der Waals surface area contributed by atoms with Gasteiger partial charge in [-0.25, -0.2) is 4.68 Å². The Balaban J connectivity index is 0.00000261. The zero-order chi connectivity index (χ0) is 18.9. The molecular formula is C17H19Cl2F3N4O. The number of rotatable bonds is 3. The number of piperidine rings is 1. The molecule has 1 aliphatic heterocycles. The Morgan fingerprint density at radius 2 is 1.96 bits per heavy atom. The summed E-state index contributed by atoms with van der Waals surface area (Å²) in [5, 5.41) is 7.30. The highest BCUT2D eigenvalue weighted by molar-refractivity contribution is 6.30. The summed E-state index contributed by atoms with van der Waals surface area (Å²) in [5.74, 6) is -0.655. The fourth-order valence-corrected chi connectivity index (χ4v) is 3.25. The van der Waals surface area contributed by atoms with E-state index < -0.39 is 23.3 Å². The van der Waals surface area contributed by atoms with Crippen LogP contribution in [0.4, 0.5) is 13.2 Å². The molecule has 5 nitrogen and oxygen atoms in total. The first-order valence-electron chi connectivity index (χ1n) is 8.19. The predicted octanol–water partition coefficient (Wildman–Crippen LogP) is 3.79. The molecule has 1 atom stereocenters. The summed E-state index contributed by atoms with van der Waals surface area (Å²) in [6.07, 6.45) is -2.11. The molecule has 1 aromatic heterocycles. The normalized spacial score (nSPS) is 17.5. The summed E-state index contributed by atoms with van der Waals surface area (Å²) in [7, 11) is 1.78. The Morgan fingerprint density at radius 1 is 1.30 bits per heavy atom. The van der Waals surface area contributed by atoms with Crippen molar-refractivity contribution in [1.82, 2.24) is 20.0 Å². The molecule has 3 rings (SSSR count). The summed E-state index contributed by atoms with van der Waals surface area (Å²) < 4.78 is 41.9. The van der Waals surface area contributed by atoms with E-state index in [1.807, 2.05) is 0 Å². The van der Waals surface area contributed by atoms with Crippen LogP contribution >= 0.6 is 24.0 Å². The Kier molecular flexibility index (Phi) is 6.77. The average Bonchev–Trinajstić information content (AvgIpc) is 3.07. The van der Waals surface area contributed by atoms with Gasteiger partial charge in [0.25, 0.3) is 5.91 Å². The zero-order valence-electron chi connectivity index (χ0n) is 14.5. The molecule has 0 spiro atoms. The monoisotopic (exact) mass is 422 g/mol. The number of hydrogen-bond acceptors (Lipinski definition) is 3. The van der Waals surface area contributed by atoms with Gasteiger partial charge in [0, 0.05) is 24.2 Å². The van der Waals surface area contributed by atoms with Gasteiger partial charge in [0.15, 0.2) is 5.69 Å². The van der Waals surface area contributed by atoms with Gasteiger partial charge < -0.3 is 10.2 Å². The van der Waals surface area contributed by atoms with E-state index >= 15 is 0 Å². The minimum Gasteiger partial charge on any atom is -0.337 e. The van der Waals surface area contributed by atoms with Gasteiger partial charge in [-0.1, -0.05) is 11.6 Å². The van der Waals surface area contributed by atoms with Crippen molar-refractivity contribution in [3.63, 3.8) is 0 Å². The van der Waals surface area contributed by atoms with E-state index in [2.05, 4.69) is 10.4 Å². The number of carbonyl (C=O) groups excluding carboxylic acids is 1. The van der Waals surface area contributed by atoms with Crippen molar-refractivity contribution in [2.24, 2.45) is 0 Å². The standard InChI is InChI=1S/C17H18ClF3N4O.ClH/c1-22-12-3-2-8-24(10-12)16(26)14-9-23-25(15(14)17(19,20)21)13-6-4-11(18)5-7-13;/h4-7,9,12,22H,2-3,8,10H2,1H3;1H. The second-order valence-electron chi connectivity index (χ2n) is 6.17. The first-order valence-corrected chi connectivity index (χ1v) is 8.56. The summed E-state index contributed by atoms with van der Waals surface area (Å²) in [6.45, 7) is 0.805. The smallest absolute Gasteiger partial charge is 0.337 e. The first kappa shape index (κ1) is 21.5. The number of hydrogen-bond donors (Lipinski definition) is 1. The molecular weight excluding hydrogens is 404 g/mol. The number of amides is 1. The van der Waals surface area contributed by atoms with Gasteiger partial charge in [0.2, 0.25) is 0 Å². The number of benzene rings is 1. The lowest BCUT2D eigenvalue weighted by atomic mass is 10.0. The fraction of sp³-hybridized carbons (Fsp3) is 0.412. The number of nitrogens with zero attached hydrogens (tertiary/aromatic N) is 3. The van der Waals surface area contributed by atoms with E-state index in [0.29, 0.717) is 18.1 Å². The van der Waals surface area contributed by atoms with Crippen molar-refractivity contribution >= 4 is 29.9 Å². The van der Waals surface area contributed by atoms with Crippen LogP contribution in [-0.4, -0.2) is 46.8 Å². The number of aromatic nitrogens is 2. The maximum absolute atomic E-state index is 13.7. The van der Waals surface area contributed by atoms with Crippen LogP contribution in [0.5, 0.6) is 0 Å². The molecule has 27 heavy (non-hydrogen) atoms. The lowest BCUT2D eigenvalue weighted by Crippen LogP contribution is -2.47. The minimum absolute atomic E-state index is 0. The van der Waals surface area contributed by atoms with Crippen LogP contribution in [0.25, 0.3) is 5.69 Å². The van der Waals surface area contributed by atoms with Crippen LogP contribution in [0.2, 0.25) is 5.02 Å². The van der Waals surface area contributed by atoms with E-state index in [9.17, 15) is 18.0 Å². The van der Waals surface area contributed by atoms with Crippen LogP contribution < -0.4 is 5.32 Å². The zero-order valence-corrected chi connectivity index (χ0v) is 16.0. The van der Waals surface area contributed by atoms with Gasteiger partial charge >= 0.3 is 6.18 Å². The number of halogens is 5. The molecule has 1 N–H and O–H groups in total. The van der Waals surface area contributed by atoms with Gasteiger partial charge in [-0.15, -0.1) is 12.4 Å². The SMILES string of the molecule is CNC1CCCN(C(=O)c2cnn(-c3ccc(Cl)cc3)c2C(F)(F)F)C1.Cl. The maximum atomic E-state index is 13.7. The van der Waals surface area contributed by atoms with Crippen molar-refractivity contribution in [2.75, 3.05) is 20.1 Å². The molecule has 2 aromatic rings. The molecule has 2 heterocycles. The van der Waals surface area contributed by atoms with Crippen LogP contribution in [0.1, 0.15) is 28.9 Å². The molecule has 0 bridgehead atoms. The van der Waals surface area contributed by atoms with Crippen LogP contribution in [-0.2, 0) is 6.18 Å². The van der Waals surface area contributed by atoms with Crippen molar-refractivity contribution in [3.8, 4) is 5.69 Å². The Bertz CT molecular complexity index is 792. The molecule has 148 valence electrons. The van der Waals surface area contributed by atoms with Crippen molar-refractivity contribution in [3.05, 3.63) is 46.7 Å². The van der Waals surface area contributed by atoms with Gasteiger partial charge in [-0.3, -0.25) is 4.79 Å². The van der Waals surface area contributed by atoms with E-state index in [1.54, 1.807) is 7.05 Å². The van der Waals surface area contributed by atoms with E-state index in [0.717, 1.165) is 23.7 Å². The third-order valence-corrected chi connectivity index (χ3v) is 4.71. The summed E-state index contributed by atoms with van der Waals surface area (Å²) in [6, 6.07) is 5.88. The van der Waals surface area contributed by atoms with Crippen LogP contribution in [0.15, 0.2) is 30.5 Å². The van der Waals surface area contributed by atoms with Crippen LogP contribution in [0, 0.1) is 0 Å². The number of likely N-dealkylation sites (tertiary alicyclic amines) is 1. The van der Waals surface area contributed by atoms with E-state index in [4.69, 9.17) is 11.6 Å². The summed E-state index contributed by atoms with van der Waals surface area (Å²) in [4.78, 5) is 14.2. The lowest BCUT2D eigenvalue weighted by Gasteiger charge is -2.32. The van der Waals surface area contributed by atoms with Crippen molar-refractivity contribution in [1.29, 1.82) is 0 Å². The molecule has 1 unspecified atom stereocenters. The molecule has 1 aliphatic rings. The van der Waals surface area contributed by atoms with Gasteiger partial charge in [-0.2, -0.15) is 18.3 Å². The van der Waals surface area contributed by atoms with Crippen molar-refractivity contribution in [2.45, 2.75) is 25.1 Å². The largest absolute Gasteiger partial charge is 0.434 e. The van der Waals surface area contributed by atoms with Crippen molar-refractivity contribution < 1.29 is 18.0 Å². The fourth-order valence-electron chi connectivity index (χ4n) is 3.12. The molecule has 0 aliphatic carbocycles. The molecule has 1 amide bonds. The molecule has 1 aromatic carbocycles. The molecule has 0 saturated carbocycles. The minimum atomic E-state index is -4.72. The van der Waals surface area contributed by atoms with E-state index in [1.165, 1.54) is 29.2 Å². The van der Waals surface area contributed by atoms with Gasteiger partial charge in [0.05, 0.1) is 17.4 Å². The average molecular weight is 423 g/mol.